The van der Waals surface area contributed by atoms with E-state index < -0.39 is 5.54 Å². The first-order valence-electron chi connectivity index (χ1n) is 11.6. The van der Waals surface area contributed by atoms with Crippen LogP contribution in [0.5, 0.6) is 0 Å². The van der Waals surface area contributed by atoms with E-state index in [0.717, 1.165) is 51.3 Å². The predicted molar refractivity (Wildman–Crippen MR) is 121 cm³/mol. The van der Waals surface area contributed by atoms with Crippen molar-refractivity contribution < 1.29 is 14.0 Å². The van der Waals surface area contributed by atoms with Gasteiger partial charge in [-0.05, 0) is 62.9 Å². The van der Waals surface area contributed by atoms with E-state index in [1.165, 1.54) is 12.1 Å². The molecule has 1 aromatic carbocycles. The summed E-state index contributed by atoms with van der Waals surface area (Å²) in [5.74, 6) is 0.395. The molecule has 1 N–H and O–H groups in total. The number of rotatable bonds is 9. The highest BCUT2D eigenvalue weighted by molar-refractivity contribution is 5.94. The summed E-state index contributed by atoms with van der Waals surface area (Å²) in [5.41, 5.74) is 0.331. The Bertz CT molecular complexity index is 746. The van der Waals surface area contributed by atoms with Crippen molar-refractivity contribution in [2.75, 3.05) is 50.7 Å². The number of likely N-dealkylation sites (tertiary alicyclic amines) is 1. The lowest BCUT2D eigenvalue weighted by molar-refractivity contribution is -0.140. The van der Waals surface area contributed by atoms with Crippen LogP contribution in [-0.4, -0.2) is 73.0 Å². The number of hydrogen-bond donors (Lipinski definition) is 1. The molecule has 2 heterocycles. The Kier molecular flexibility index (Phi) is 7.92. The van der Waals surface area contributed by atoms with Crippen LogP contribution in [0.3, 0.4) is 0 Å². The minimum atomic E-state index is -0.727. The van der Waals surface area contributed by atoms with Crippen LogP contribution in [0, 0.1) is 11.7 Å². The standard InChI is InChI=1S/C24H37FN4O2/c1-19(2)10-12-26-23(31)24(3)11-9-22(30)29(24)14-4-13-27-15-17-28(18-16-27)21-7-5-20(25)6-8-21/h5-8,19H,4,9-18H2,1-3H3,(H,26,31). The van der Waals surface area contributed by atoms with Crippen molar-refractivity contribution in [2.45, 2.75) is 52.0 Å². The average Bonchev–Trinajstić information content (AvgIpc) is 3.04. The van der Waals surface area contributed by atoms with Crippen LogP contribution in [0.4, 0.5) is 10.1 Å². The average molecular weight is 433 g/mol. The molecule has 7 heteroatoms. The Labute approximate surface area is 185 Å². The molecule has 0 saturated carbocycles. The molecule has 172 valence electrons. The molecule has 2 saturated heterocycles. The molecular weight excluding hydrogens is 395 g/mol. The molecule has 0 aliphatic carbocycles. The lowest BCUT2D eigenvalue weighted by atomic mass is 9.97. The van der Waals surface area contributed by atoms with Gasteiger partial charge in [-0.15, -0.1) is 0 Å². The molecule has 1 aromatic rings. The second-order valence-electron chi connectivity index (χ2n) is 9.42. The zero-order chi connectivity index (χ0) is 22.4. The number of carbonyl (C=O) groups is 2. The highest BCUT2D eigenvalue weighted by atomic mass is 19.1. The molecular formula is C24H37FN4O2. The third-order valence-electron chi connectivity index (χ3n) is 6.64. The number of nitrogens with one attached hydrogen (secondary N) is 1. The molecule has 0 aromatic heterocycles. The number of benzene rings is 1. The summed E-state index contributed by atoms with van der Waals surface area (Å²) in [6.45, 7) is 12.1. The maximum absolute atomic E-state index is 13.1. The number of hydrogen-bond acceptors (Lipinski definition) is 4. The zero-order valence-electron chi connectivity index (χ0n) is 19.2. The molecule has 2 aliphatic rings. The summed E-state index contributed by atoms with van der Waals surface area (Å²) in [5, 5.41) is 3.04. The SMILES string of the molecule is CC(C)CCNC(=O)C1(C)CCC(=O)N1CCCN1CCN(c2ccc(F)cc2)CC1. The number of nitrogens with zero attached hydrogens (tertiary/aromatic N) is 3. The van der Waals surface area contributed by atoms with Gasteiger partial charge in [-0.1, -0.05) is 13.8 Å². The third kappa shape index (κ3) is 5.97. The van der Waals surface area contributed by atoms with Crippen LogP contribution in [-0.2, 0) is 9.59 Å². The second-order valence-corrected chi connectivity index (χ2v) is 9.42. The Balaban J connectivity index is 1.44. The van der Waals surface area contributed by atoms with E-state index >= 15 is 0 Å². The van der Waals surface area contributed by atoms with Gasteiger partial charge >= 0.3 is 0 Å². The maximum Gasteiger partial charge on any atom is 0.245 e. The topological polar surface area (TPSA) is 55.9 Å². The first-order chi connectivity index (χ1) is 14.8. The summed E-state index contributed by atoms with van der Waals surface area (Å²) in [6.07, 6.45) is 2.84. The summed E-state index contributed by atoms with van der Waals surface area (Å²) < 4.78 is 13.1. The van der Waals surface area contributed by atoms with Crippen molar-refractivity contribution in [3.05, 3.63) is 30.1 Å². The molecule has 6 nitrogen and oxygen atoms in total. The highest BCUT2D eigenvalue weighted by Crippen LogP contribution is 2.30. The minimum absolute atomic E-state index is 0.0214. The largest absolute Gasteiger partial charge is 0.369 e. The minimum Gasteiger partial charge on any atom is -0.369 e. The molecule has 0 spiro atoms. The van der Waals surface area contributed by atoms with E-state index in [1.54, 1.807) is 4.90 Å². The lowest BCUT2D eigenvalue weighted by Crippen LogP contribution is -2.55. The van der Waals surface area contributed by atoms with Crippen molar-refractivity contribution >= 4 is 17.5 Å². The molecule has 2 aliphatic heterocycles. The molecule has 1 unspecified atom stereocenters. The summed E-state index contributed by atoms with van der Waals surface area (Å²) in [4.78, 5) is 31.8. The van der Waals surface area contributed by atoms with Crippen molar-refractivity contribution in [1.29, 1.82) is 0 Å². The van der Waals surface area contributed by atoms with Crippen molar-refractivity contribution in [1.82, 2.24) is 15.1 Å². The lowest BCUT2D eigenvalue weighted by Gasteiger charge is -2.37. The first-order valence-corrected chi connectivity index (χ1v) is 11.6. The molecule has 2 amide bonds. The second kappa shape index (κ2) is 10.4. The van der Waals surface area contributed by atoms with Crippen molar-refractivity contribution in [2.24, 2.45) is 5.92 Å². The van der Waals surface area contributed by atoms with Gasteiger partial charge < -0.3 is 15.1 Å². The monoisotopic (exact) mass is 432 g/mol. The smallest absolute Gasteiger partial charge is 0.245 e. The van der Waals surface area contributed by atoms with E-state index in [-0.39, 0.29) is 17.6 Å². The summed E-state index contributed by atoms with van der Waals surface area (Å²) in [7, 11) is 0. The van der Waals surface area contributed by atoms with Gasteiger partial charge in [0.25, 0.3) is 0 Å². The van der Waals surface area contributed by atoms with Crippen LogP contribution >= 0.6 is 0 Å². The van der Waals surface area contributed by atoms with E-state index in [9.17, 15) is 14.0 Å². The molecule has 2 fully saturated rings. The number of anilines is 1. The van der Waals surface area contributed by atoms with Crippen LogP contribution in [0.15, 0.2) is 24.3 Å². The van der Waals surface area contributed by atoms with E-state index in [4.69, 9.17) is 0 Å². The van der Waals surface area contributed by atoms with Gasteiger partial charge in [0.1, 0.15) is 11.4 Å². The molecule has 31 heavy (non-hydrogen) atoms. The number of piperazine rings is 1. The van der Waals surface area contributed by atoms with E-state index in [2.05, 4.69) is 29.0 Å². The van der Waals surface area contributed by atoms with Crippen molar-refractivity contribution in [3.8, 4) is 0 Å². The van der Waals surface area contributed by atoms with Gasteiger partial charge in [0.15, 0.2) is 0 Å². The first kappa shape index (κ1) is 23.5. The Hall–Kier alpha value is -2.15. The van der Waals surface area contributed by atoms with E-state index in [0.29, 0.717) is 31.8 Å². The zero-order valence-corrected chi connectivity index (χ0v) is 19.2. The molecule has 1 atom stereocenters. The molecule has 0 bridgehead atoms. The van der Waals surface area contributed by atoms with Crippen LogP contribution < -0.4 is 10.2 Å². The van der Waals surface area contributed by atoms with Crippen molar-refractivity contribution in [3.63, 3.8) is 0 Å². The van der Waals surface area contributed by atoms with Gasteiger partial charge in [-0.3, -0.25) is 14.5 Å². The van der Waals surface area contributed by atoms with Crippen LogP contribution in [0.2, 0.25) is 0 Å². The normalized spacial score (nSPS) is 22.4. The fourth-order valence-corrected chi connectivity index (χ4v) is 4.50. The Morgan fingerprint density at radius 1 is 1.13 bits per heavy atom. The highest BCUT2D eigenvalue weighted by Gasteiger charge is 2.46. The molecule has 3 rings (SSSR count). The fourth-order valence-electron chi connectivity index (χ4n) is 4.50. The molecule has 0 radical (unpaired) electrons. The van der Waals surface area contributed by atoms with Gasteiger partial charge in [0.2, 0.25) is 11.8 Å². The summed E-state index contributed by atoms with van der Waals surface area (Å²) in [6, 6.07) is 6.67. The van der Waals surface area contributed by atoms with Gasteiger partial charge in [-0.2, -0.15) is 0 Å². The van der Waals surface area contributed by atoms with Gasteiger partial charge in [0, 0.05) is 51.4 Å². The van der Waals surface area contributed by atoms with E-state index in [1.807, 2.05) is 19.1 Å². The summed E-state index contributed by atoms with van der Waals surface area (Å²) >= 11 is 0. The number of carbonyl (C=O) groups excluding carboxylic acids is 2. The Morgan fingerprint density at radius 3 is 2.45 bits per heavy atom. The van der Waals surface area contributed by atoms with Crippen LogP contribution in [0.1, 0.15) is 46.5 Å². The van der Waals surface area contributed by atoms with Gasteiger partial charge in [-0.25, -0.2) is 4.39 Å². The third-order valence-corrected chi connectivity index (χ3v) is 6.64. The number of amides is 2. The quantitative estimate of drug-likeness (QED) is 0.652. The number of halogens is 1. The van der Waals surface area contributed by atoms with Gasteiger partial charge in [0.05, 0.1) is 0 Å². The fraction of sp³-hybridized carbons (Fsp3) is 0.667. The predicted octanol–water partition coefficient (Wildman–Crippen LogP) is 2.88. The Morgan fingerprint density at radius 2 is 1.81 bits per heavy atom. The maximum atomic E-state index is 13.1. The van der Waals surface area contributed by atoms with Crippen LogP contribution in [0.25, 0.3) is 0 Å².